The molecule has 1 amide bonds. The third-order valence-corrected chi connectivity index (χ3v) is 5.33. The van der Waals surface area contributed by atoms with Crippen molar-refractivity contribution in [3.05, 3.63) is 35.4 Å². The summed E-state index contributed by atoms with van der Waals surface area (Å²) in [5.41, 5.74) is 2.69. The Morgan fingerprint density at radius 2 is 2.00 bits per heavy atom. The maximum absolute atomic E-state index is 12.7. The standard InChI is InChI=1S/C18H26N2O/c1-12-8-5-6-9-14(12)16-19-13(2)17(21)20(16)15-10-7-11-18(15,3)4/h5-6,8-9,13,15-16,19H,7,10-11H2,1-4H3. The number of hydrogen-bond acceptors (Lipinski definition) is 2. The Labute approximate surface area is 127 Å². The van der Waals surface area contributed by atoms with Gasteiger partial charge in [0.25, 0.3) is 0 Å². The summed E-state index contributed by atoms with van der Waals surface area (Å²) in [7, 11) is 0. The van der Waals surface area contributed by atoms with Crippen LogP contribution < -0.4 is 5.32 Å². The lowest BCUT2D eigenvalue weighted by Gasteiger charge is -2.38. The number of benzene rings is 1. The molecule has 3 unspecified atom stereocenters. The van der Waals surface area contributed by atoms with E-state index in [1.165, 1.54) is 24.0 Å². The van der Waals surface area contributed by atoms with E-state index in [2.05, 4.69) is 55.3 Å². The molecule has 1 saturated heterocycles. The number of carbonyl (C=O) groups excluding carboxylic acids is 1. The Morgan fingerprint density at radius 3 is 2.62 bits per heavy atom. The fourth-order valence-electron chi connectivity index (χ4n) is 4.03. The second kappa shape index (κ2) is 5.13. The molecule has 114 valence electrons. The van der Waals surface area contributed by atoms with Gasteiger partial charge < -0.3 is 4.90 Å². The molecule has 0 spiro atoms. The maximum Gasteiger partial charge on any atom is 0.241 e. The van der Waals surface area contributed by atoms with Crippen LogP contribution in [0.3, 0.4) is 0 Å². The molecule has 0 radical (unpaired) electrons. The Balaban J connectivity index is 1.99. The van der Waals surface area contributed by atoms with Crippen molar-refractivity contribution in [2.45, 2.75) is 65.2 Å². The van der Waals surface area contributed by atoms with Crippen molar-refractivity contribution < 1.29 is 4.79 Å². The lowest BCUT2D eigenvalue weighted by Crippen LogP contribution is -2.45. The first-order chi connectivity index (χ1) is 9.92. The molecule has 1 aromatic carbocycles. The zero-order valence-electron chi connectivity index (χ0n) is 13.5. The summed E-state index contributed by atoms with van der Waals surface area (Å²) in [4.78, 5) is 14.9. The van der Waals surface area contributed by atoms with E-state index < -0.39 is 0 Å². The largest absolute Gasteiger partial charge is 0.318 e. The molecule has 3 rings (SSSR count). The summed E-state index contributed by atoms with van der Waals surface area (Å²) in [6.45, 7) is 8.71. The zero-order valence-corrected chi connectivity index (χ0v) is 13.5. The van der Waals surface area contributed by atoms with Crippen molar-refractivity contribution in [1.29, 1.82) is 0 Å². The molecule has 1 aliphatic heterocycles. The molecular formula is C18H26N2O. The van der Waals surface area contributed by atoms with Crippen molar-refractivity contribution in [3.8, 4) is 0 Å². The van der Waals surface area contributed by atoms with Gasteiger partial charge in [-0.2, -0.15) is 0 Å². The summed E-state index contributed by atoms with van der Waals surface area (Å²) in [6.07, 6.45) is 3.57. The van der Waals surface area contributed by atoms with Gasteiger partial charge in [0.1, 0.15) is 6.17 Å². The van der Waals surface area contributed by atoms with Crippen molar-refractivity contribution in [2.75, 3.05) is 0 Å². The number of rotatable bonds is 2. The van der Waals surface area contributed by atoms with Crippen LogP contribution in [0.2, 0.25) is 0 Å². The van der Waals surface area contributed by atoms with Gasteiger partial charge in [0, 0.05) is 6.04 Å². The smallest absolute Gasteiger partial charge is 0.241 e. The molecule has 1 heterocycles. The van der Waals surface area contributed by atoms with E-state index in [9.17, 15) is 4.79 Å². The Bertz CT molecular complexity index is 552. The molecule has 1 aliphatic carbocycles. The van der Waals surface area contributed by atoms with E-state index in [0.717, 1.165) is 6.42 Å². The molecule has 1 saturated carbocycles. The van der Waals surface area contributed by atoms with Gasteiger partial charge in [-0.25, -0.2) is 0 Å². The first-order valence-electron chi connectivity index (χ1n) is 8.05. The van der Waals surface area contributed by atoms with Crippen LogP contribution in [0, 0.1) is 12.3 Å². The molecule has 0 bridgehead atoms. The molecule has 3 atom stereocenters. The second-order valence-electron chi connectivity index (χ2n) is 7.29. The summed E-state index contributed by atoms with van der Waals surface area (Å²) in [5, 5.41) is 3.50. The summed E-state index contributed by atoms with van der Waals surface area (Å²) >= 11 is 0. The summed E-state index contributed by atoms with van der Waals surface area (Å²) in [6, 6.07) is 8.65. The SMILES string of the molecule is Cc1ccccc1C1NC(C)C(=O)N1C1CCCC1(C)C. The second-order valence-corrected chi connectivity index (χ2v) is 7.29. The minimum atomic E-state index is -0.0917. The van der Waals surface area contributed by atoms with Gasteiger partial charge in [0.2, 0.25) is 5.91 Å². The maximum atomic E-state index is 12.7. The predicted molar refractivity (Wildman–Crippen MR) is 84.8 cm³/mol. The van der Waals surface area contributed by atoms with Crippen LogP contribution in [0.4, 0.5) is 0 Å². The number of hydrogen-bond donors (Lipinski definition) is 1. The fraction of sp³-hybridized carbons (Fsp3) is 0.611. The highest BCUT2D eigenvalue weighted by Crippen LogP contribution is 2.44. The number of carbonyl (C=O) groups is 1. The average Bonchev–Trinajstić information content (AvgIpc) is 2.91. The normalized spacial score (nSPS) is 31.9. The van der Waals surface area contributed by atoms with Crippen LogP contribution in [0.1, 0.15) is 57.3 Å². The van der Waals surface area contributed by atoms with Gasteiger partial charge >= 0.3 is 0 Å². The average molecular weight is 286 g/mol. The van der Waals surface area contributed by atoms with E-state index in [1.807, 2.05) is 6.92 Å². The van der Waals surface area contributed by atoms with Crippen molar-refractivity contribution >= 4 is 5.91 Å². The highest BCUT2D eigenvalue weighted by Gasteiger charge is 2.48. The lowest BCUT2D eigenvalue weighted by atomic mass is 9.85. The van der Waals surface area contributed by atoms with Crippen molar-refractivity contribution in [3.63, 3.8) is 0 Å². The van der Waals surface area contributed by atoms with Crippen LogP contribution in [-0.4, -0.2) is 22.9 Å². The molecule has 2 fully saturated rings. The number of nitrogens with one attached hydrogen (secondary N) is 1. The van der Waals surface area contributed by atoms with Crippen LogP contribution in [-0.2, 0) is 4.79 Å². The van der Waals surface area contributed by atoms with Gasteiger partial charge in [-0.3, -0.25) is 10.1 Å². The number of nitrogens with zero attached hydrogens (tertiary/aromatic N) is 1. The molecule has 1 N–H and O–H groups in total. The summed E-state index contributed by atoms with van der Waals surface area (Å²) in [5.74, 6) is 0.253. The molecule has 21 heavy (non-hydrogen) atoms. The molecule has 3 nitrogen and oxygen atoms in total. The fourth-order valence-corrected chi connectivity index (χ4v) is 4.03. The third kappa shape index (κ3) is 2.38. The first-order valence-corrected chi connectivity index (χ1v) is 8.05. The number of amides is 1. The lowest BCUT2D eigenvalue weighted by molar-refractivity contribution is -0.134. The predicted octanol–water partition coefficient (Wildman–Crippen LogP) is 3.39. The van der Waals surface area contributed by atoms with E-state index >= 15 is 0 Å². The monoisotopic (exact) mass is 286 g/mol. The van der Waals surface area contributed by atoms with Crippen LogP contribution in [0.15, 0.2) is 24.3 Å². The van der Waals surface area contributed by atoms with Gasteiger partial charge in [-0.15, -0.1) is 0 Å². The van der Waals surface area contributed by atoms with E-state index in [1.54, 1.807) is 0 Å². The van der Waals surface area contributed by atoms with Crippen molar-refractivity contribution in [2.24, 2.45) is 5.41 Å². The third-order valence-electron chi connectivity index (χ3n) is 5.33. The molecule has 1 aromatic rings. The van der Waals surface area contributed by atoms with Crippen LogP contribution >= 0.6 is 0 Å². The Kier molecular flexibility index (Phi) is 3.56. The van der Waals surface area contributed by atoms with E-state index in [4.69, 9.17) is 0 Å². The van der Waals surface area contributed by atoms with E-state index in [-0.39, 0.29) is 23.5 Å². The minimum absolute atomic E-state index is 0.0241. The van der Waals surface area contributed by atoms with Crippen LogP contribution in [0.25, 0.3) is 0 Å². The van der Waals surface area contributed by atoms with Crippen LogP contribution in [0.5, 0.6) is 0 Å². The zero-order chi connectivity index (χ0) is 15.2. The first kappa shape index (κ1) is 14.6. The molecule has 0 aromatic heterocycles. The van der Waals surface area contributed by atoms with Gasteiger partial charge in [0.05, 0.1) is 6.04 Å². The van der Waals surface area contributed by atoms with E-state index in [0.29, 0.717) is 6.04 Å². The van der Waals surface area contributed by atoms with Crippen molar-refractivity contribution in [1.82, 2.24) is 10.2 Å². The minimum Gasteiger partial charge on any atom is -0.318 e. The summed E-state index contributed by atoms with van der Waals surface area (Å²) < 4.78 is 0. The van der Waals surface area contributed by atoms with Gasteiger partial charge in [0.15, 0.2) is 0 Å². The number of aryl methyl sites for hydroxylation is 1. The Hall–Kier alpha value is -1.35. The quantitative estimate of drug-likeness (QED) is 0.904. The molecule has 3 heteroatoms. The Morgan fingerprint density at radius 1 is 1.29 bits per heavy atom. The highest BCUT2D eigenvalue weighted by molar-refractivity contribution is 5.84. The molecule has 2 aliphatic rings. The van der Waals surface area contributed by atoms with Gasteiger partial charge in [-0.05, 0) is 43.2 Å². The highest BCUT2D eigenvalue weighted by atomic mass is 16.2. The topological polar surface area (TPSA) is 32.3 Å². The molecular weight excluding hydrogens is 260 g/mol. The van der Waals surface area contributed by atoms with Gasteiger partial charge in [-0.1, -0.05) is 44.5 Å².